The van der Waals surface area contributed by atoms with Gasteiger partial charge in [0.05, 0.1) is 12.5 Å². The molecule has 17 heavy (non-hydrogen) atoms. The van der Waals surface area contributed by atoms with Crippen LogP contribution in [-0.4, -0.2) is 18.2 Å². The van der Waals surface area contributed by atoms with Gasteiger partial charge in [-0.3, -0.25) is 4.79 Å². The van der Waals surface area contributed by atoms with Crippen molar-refractivity contribution in [3.63, 3.8) is 0 Å². The summed E-state index contributed by atoms with van der Waals surface area (Å²) >= 11 is 0. The summed E-state index contributed by atoms with van der Waals surface area (Å²) in [6.45, 7) is 3.76. The first-order chi connectivity index (χ1) is 7.85. The van der Waals surface area contributed by atoms with Gasteiger partial charge >= 0.3 is 5.97 Å². The van der Waals surface area contributed by atoms with Crippen molar-refractivity contribution in [2.24, 2.45) is 5.41 Å². The second-order valence-corrected chi connectivity index (χ2v) is 5.12. The first-order valence-corrected chi connectivity index (χ1v) is 5.42. The molecule has 1 fully saturated rings. The van der Waals surface area contributed by atoms with Crippen molar-refractivity contribution >= 4 is 5.97 Å². The Labute approximate surface area is 99.2 Å². The predicted molar refractivity (Wildman–Crippen MR) is 60.7 cm³/mol. The van der Waals surface area contributed by atoms with Gasteiger partial charge in [-0.2, -0.15) is 0 Å². The smallest absolute Gasteiger partial charge is 0.314 e. The molecule has 1 atom stereocenters. The molecule has 0 heterocycles. The van der Waals surface area contributed by atoms with Crippen LogP contribution in [0.25, 0.3) is 0 Å². The average Bonchev–Trinajstić information content (AvgIpc) is 2.83. The van der Waals surface area contributed by atoms with Gasteiger partial charge in [-0.05, 0) is 29.5 Å². The van der Waals surface area contributed by atoms with Crippen LogP contribution in [0.3, 0.4) is 0 Å². The Balaban J connectivity index is 2.48. The highest BCUT2D eigenvalue weighted by atomic mass is 19.1. The number of methoxy groups -OCH3 is 1. The summed E-state index contributed by atoms with van der Waals surface area (Å²) in [5.41, 5.74) is -0.784. The molecule has 4 heteroatoms. The van der Waals surface area contributed by atoms with E-state index in [1.807, 2.05) is 13.8 Å². The van der Waals surface area contributed by atoms with Crippen LogP contribution in [-0.2, 0) is 10.2 Å². The molecule has 1 N–H and O–H groups in total. The van der Waals surface area contributed by atoms with E-state index in [4.69, 9.17) is 4.74 Å². The molecule has 0 spiro atoms. The van der Waals surface area contributed by atoms with Gasteiger partial charge in [0.25, 0.3) is 0 Å². The van der Waals surface area contributed by atoms with Gasteiger partial charge in [0, 0.05) is 0 Å². The third-order valence-electron chi connectivity index (χ3n) is 3.75. The lowest BCUT2D eigenvalue weighted by atomic mass is 9.88. The van der Waals surface area contributed by atoms with E-state index in [1.165, 1.54) is 19.2 Å². The van der Waals surface area contributed by atoms with Crippen molar-refractivity contribution in [1.82, 2.24) is 0 Å². The number of ether oxygens (including phenoxy) is 1. The molecule has 92 valence electrons. The number of benzene rings is 1. The number of carboxylic acids is 1. The summed E-state index contributed by atoms with van der Waals surface area (Å²) in [6.07, 6.45) is 0.529. The molecule has 2 rings (SSSR count). The second kappa shape index (κ2) is 3.45. The Bertz CT molecular complexity index is 482. The molecule has 0 amide bonds. The normalized spacial score (nSPS) is 25.4. The molecule has 0 aromatic heterocycles. The highest BCUT2D eigenvalue weighted by Gasteiger charge is 2.67. The number of hydrogen-bond acceptors (Lipinski definition) is 2. The molecular weight excluding hydrogens is 223 g/mol. The summed E-state index contributed by atoms with van der Waals surface area (Å²) in [7, 11) is 1.38. The van der Waals surface area contributed by atoms with Crippen LogP contribution in [0.2, 0.25) is 0 Å². The Morgan fingerprint density at radius 1 is 1.47 bits per heavy atom. The third kappa shape index (κ3) is 1.51. The monoisotopic (exact) mass is 238 g/mol. The molecule has 1 saturated carbocycles. The largest absolute Gasteiger partial charge is 0.494 e. The van der Waals surface area contributed by atoms with Gasteiger partial charge in [-0.15, -0.1) is 0 Å². The van der Waals surface area contributed by atoms with E-state index >= 15 is 0 Å². The maximum Gasteiger partial charge on any atom is 0.314 e. The van der Waals surface area contributed by atoms with Crippen molar-refractivity contribution in [3.05, 3.63) is 29.6 Å². The fraction of sp³-hybridized carbons (Fsp3) is 0.462. The van der Waals surface area contributed by atoms with Gasteiger partial charge in [-0.1, -0.05) is 19.9 Å². The summed E-state index contributed by atoms with van der Waals surface area (Å²) in [6, 6.07) is 4.37. The first-order valence-electron chi connectivity index (χ1n) is 5.42. The van der Waals surface area contributed by atoms with Gasteiger partial charge in [0.15, 0.2) is 11.6 Å². The van der Waals surface area contributed by atoms with Crippen LogP contribution in [0, 0.1) is 11.2 Å². The lowest BCUT2D eigenvalue weighted by Gasteiger charge is -2.16. The highest BCUT2D eigenvalue weighted by Crippen LogP contribution is 2.64. The summed E-state index contributed by atoms with van der Waals surface area (Å²) in [5, 5.41) is 9.36. The quantitative estimate of drug-likeness (QED) is 0.880. The second-order valence-electron chi connectivity index (χ2n) is 5.12. The van der Waals surface area contributed by atoms with Crippen molar-refractivity contribution in [2.75, 3.05) is 7.11 Å². The van der Waals surface area contributed by atoms with E-state index in [0.29, 0.717) is 12.0 Å². The van der Waals surface area contributed by atoms with Crippen molar-refractivity contribution in [2.45, 2.75) is 25.7 Å². The highest BCUT2D eigenvalue weighted by molar-refractivity contribution is 5.87. The number of rotatable bonds is 3. The Hall–Kier alpha value is -1.58. The zero-order valence-electron chi connectivity index (χ0n) is 10.1. The molecule has 0 aliphatic heterocycles. The molecular formula is C13H15FO3. The maximum atomic E-state index is 13.6. The molecule has 0 saturated heterocycles. The van der Waals surface area contributed by atoms with E-state index in [1.54, 1.807) is 6.07 Å². The Kier molecular flexibility index (Phi) is 2.42. The fourth-order valence-corrected chi connectivity index (χ4v) is 2.53. The molecule has 1 aliphatic rings. The van der Waals surface area contributed by atoms with Crippen LogP contribution < -0.4 is 4.74 Å². The fourth-order valence-electron chi connectivity index (χ4n) is 2.53. The summed E-state index contributed by atoms with van der Waals surface area (Å²) < 4.78 is 18.4. The number of carboxylic acid groups (broad SMARTS) is 1. The molecule has 1 unspecified atom stereocenters. The van der Waals surface area contributed by atoms with Crippen molar-refractivity contribution in [3.8, 4) is 5.75 Å². The number of hydrogen-bond donors (Lipinski definition) is 1. The van der Waals surface area contributed by atoms with Gasteiger partial charge < -0.3 is 9.84 Å². The zero-order chi connectivity index (χ0) is 12.8. The van der Waals surface area contributed by atoms with E-state index in [2.05, 4.69) is 0 Å². The first kappa shape index (κ1) is 11.9. The van der Waals surface area contributed by atoms with Crippen LogP contribution in [0.15, 0.2) is 18.2 Å². The number of carbonyl (C=O) groups is 1. The molecule has 1 aromatic rings. The third-order valence-corrected chi connectivity index (χ3v) is 3.75. The van der Waals surface area contributed by atoms with E-state index in [-0.39, 0.29) is 11.2 Å². The van der Waals surface area contributed by atoms with Gasteiger partial charge in [-0.25, -0.2) is 4.39 Å². The predicted octanol–water partition coefficient (Wildman–Crippen LogP) is 2.59. The Morgan fingerprint density at radius 2 is 2.06 bits per heavy atom. The van der Waals surface area contributed by atoms with Crippen LogP contribution >= 0.6 is 0 Å². The van der Waals surface area contributed by atoms with Crippen molar-refractivity contribution < 1.29 is 19.0 Å². The number of aliphatic carboxylic acids is 1. The molecule has 1 aromatic carbocycles. The van der Waals surface area contributed by atoms with Gasteiger partial charge in [0.1, 0.15) is 0 Å². The molecule has 0 radical (unpaired) electrons. The minimum absolute atomic E-state index is 0.132. The summed E-state index contributed by atoms with van der Waals surface area (Å²) in [4.78, 5) is 11.4. The summed E-state index contributed by atoms with van der Waals surface area (Å²) in [5.74, 6) is -1.28. The van der Waals surface area contributed by atoms with E-state index in [9.17, 15) is 14.3 Å². The minimum Gasteiger partial charge on any atom is -0.494 e. The lowest BCUT2D eigenvalue weighted by molar-refractivity contribution is -0.141. The standard InChI is InChI=1S/C13H15FO3/c1-12(2)7-13(12,11(15)16)8-4-5-10(17-3)9(14)6-8/h4-6H,7H2,1-3H3,(H,15,16). The molecule has 3 nitrogen and oxygen atoms in total. The average molecular weight is 238 g/mol. The van der Waals surface area contributed by atoms with Crippen LogP contribution in [0.4, 0.5) is 4.39 Å². The zero-order valence-corrected chi connectivity index (χ0v) is 10.1. The van der Waals surface area contributed by atoms with Crippen LogP contribution in [0.1, 0.15) is 25.8 Å². The Morgan fingerprint density at radius 3 is 2.41 bits per heavy atom. The van der Waals surface area contributed by atoms with Gasteiger partial charge in [0.2, 0.25) is 0 Å². The molecule has 1 aliphatic carbocycles. The maximum absolute atomic E-state index is 13.6. The van der Waals surface area contributed by atoms with Crippen LogP contribution in [0.5, 0.6) is 5.75 Å². The number of halogens is 1. The van der Waals surface area contributed by atoms with Crippen molar-refractivity contribution in [1.29, 1.82) is 0 Å². The lowest BCUT2D eigenvalue weighted by Crippen LogP contribution is -2.25. The van der Waals surface area contributed by atoms with E-state index in [0.717, 1.165) is 0 Å². The minimum atomic E-state index is -0.958. The SMILES string of the molecule is COc1ccc(C2(C(=O)O)CC2(C)C)cc1F. The van der Waals surface area contributed by atoms with E-state index < -0.39 is 17.2 Å². The topological polar surface area (TPSA) is 46.5 Å². The molecule has 0 bridgehead atoms.